The Kier molecular flexibility index (Phi) is 7.09. The molecule has 2 aromatic rings. The molecule has 1 aliphatic heterocycles. The van der Waals surface area contributed by atoms with Gasteiger partial charge in [-0.05, 0) is 86.1 Å². The number of carbonyl (C=O) groups excluding carboxylic acids is 2. The van der Waals surface area contributed by atoms with Gasteiger partial charge in [0.05, 0.1) is 18.2 Å². The summed E-state index contributed by atoms with van der Waals surface area (Å²) in [5.41, 5.74) is 3.77. The molecule has 6 heteroatoms. The molecule has 0 spiro atoms. The fraction of sp³-hybridized carbons (Fsp3) is 0.516. The molecule has 2 amide bonds. The number of carbonyl (C=O) groups is 2. The number of fused-ring (bicyclic) bond motifs is 3. The largest absolute Gasteiger partial charge is 0.351 e. The summed E-state index contributed by atoms with van der Waals surface area (Å²) < 4.78 is 0. The van der Waals surface area contributed by atoms with Crippen molar-refractivity contribution in [1.82, 2.24) is 15.5 Å². The number of hydrogen-bond donors (Lipinski definition) is 2. The Morgan fingerprint density at radius 1 is 1.05 bits per heavy atom. The maximum atomic E-state index is 13.1. The second-order valence-corrected chi connectivity index (χ2v) is 12.1. The van der Waals surface area contributed by atoms with Crippen LogP contribution in [0.25, 0.3) is 0 Å². The lowest BCUT2D eigenvalue weighted by atomic mass is 9.58. The summed E-state index contributed by atoms with van der Waals surface area (Å²) in [5, 5.41) is 16.1. The van der Waals surface area contributed by atoms with Gasteiger partial charge in [-0.25, -0.2) is 0 Å². The van der Waals surface area contributed by atoms with Crippen molar-refractivity contribution >= 4 is 11.8 Å². The van der Waals surface area contributed by atoms with Gasteiger partial charge in [-0.1, -0.05) is 43.3 Å². The van der Waals surface area contributed by atoms with E-state index in [4.69, 9.17) is 5.26 Å². The third-order valence-corrected chi connectivity index (χ3v) is 8.61. The zero-order valence-electron chi connectivity index (χ0n) is 22.1. The molecule has 6 nitrogen and oxygen atoms in total. The molecule has 37 heavy (non-hydrogen) atoms. The van der Waals surface area contributed by atoms with E-state index < -0.39 is 0 Å². The molecule has 4 unspecified atom stereocenters. The van der Waals surface area contributed by atoms with Gasteiger partial charge in [-0.15, -0.1) is 0 Å². The van der Waals surface area contributed by atoms with Gasteiger partial charge in [-0.3, -0.25) is 9.59 Å². The molecule has 5 rings (SSSR count). The Balaban J connectivity index is 1.19. The van der Waals surface area contributed by atoms with Crippen LogP contribution in [0.5, 0.6) is 0 Å². The number of aryl methyl sites for hydroxylation is 1. The highest BCUT2D eigenvalue weighted by Crippen LogP contribution is 2.49. The van der Waals surface area contributed by atoms with Gasteiger partial charge >= 0.3 is 0 Å². The molecule has 4 atom stereocenters. The highest BCUT2D eigenvalue weighted by atomic mass is 16.2. The molecule has 2 fully saturated rings. The molecule has 3 aliphatic rings. The van der Waals surface area contributed by atoms with Crippen LogP contribution >= 0.6 is 0 Å². The summed E-state index contributed by atoms with van der Waals surface area (Å²) in [6.45, 7) is 6.24. The molecule has 2 bridgehead atoms. The second kappa shape index (κ2) is 10.3. The summed E-state index contributed by atoms with van der Waals surface area (Å²) in [5.74, 6) is 1.35. The van der Waals surface area contributed by atoms with Crippen LogP contribution < -0.4 is 10.6 Å². The van der Waals surface area contributed by atoms with E-state index in [1.165, 1.54) is 17.5 Å². The average Bonchev–Trinajstić information content (AvgIpc) is 3.30. The van der Waals surface area contributed by atoms with Crippen LogP contribution in [0, 0.1) is 23.2 Å². The summed E-state index contributed by atoms with van der Waals surface area (Å²) in [6, 6.07) is 17.9. The van der Waals surface area contributed by atoms with E-state index in [0.29, 0.717) is 49.9 Å². The minimum Gasteiger partial charge on any atom is -0.351 e. The third-order valence-electron chi connectivity index (χ3n) is 8.61. The molecule has 0 saturated heterocycles. The molecule has 2 aliphatic carbocycles. The van der Waals surface area contributed by atoms with Crippen LogP contribution in [0.3, 0.4) is 0 Å². The predicted octanol–water partition coefficient (Wildman–Crippen LogP) is 4.47. The highest BCUT2D eigenvalue weighted by Gasteiger charge is 2.50. The Hall–Kier alpha value is -3.17. The Morgan fingerprint density at radius 3 is 2.43 bits per heavy atom. The number of nitrogens with zero attached hydrogens (tertiary/aromatic N) is 2. The van der Waals surface area contributed by atoms with Gasteiger partial charge in [0.1, 0.15) is 0 Å². The van der Waals surface area contributed by atoms with Crippen LogP contribution in [0.15, 0.2) is 48.5 Å². The fourth-order valence-corrected chi connectivity index (χ4v) is 7.35. The predicted molar refractivity (Wildman–Crippen MR) is 143 cm³/mol. The van der Waals surface area contributed by atoms with Crippen LogP contribution in [-0.4, -0.2) is 34.3 Å². The Morgan fingerprint density at radius 2 is 1.76 bits per heavy atom. The Labute approximate surface area is 220 Å². The van der Waals surface area contributed by atoms with Gasteiger partial charge in [0.25, 0.3) is 0 Å². The quantitative estimate of drug-likeness (QED) is 0.590. The maximum absolute atomic E-state index is 13.1. The average molecular weight is 499 g/mol. The number of rotatable bonds is 7. The van der Waals surface area contributed by atoms with Crippen molar-refractivity contribution in [3.63, 3.8) is 0 Å². The molecule has 2 N–H and O–H groups in total. The van der Waals surface area contributed by atoms with E-state index in [0.717, 1.165) is 31.2 Å². The van der Waals surface area contributed by atoms with E-state index >= 15 is 0 Å². The first kappa shape index (κ1) is 25.5. The fourth-order valence-electron chi connectivity index (χ4n) is 7.35. The second-order valence-electron chi connectivity index (χ2n) is 12.1. The van der Waals surface area contributed by atoms with Crippen molar-refractivity contribution in [2.75, 3.05) is 6.54 Å². The molecule has 2 aromatic carbocycles. The normalized spacial score (nSPS) is 28.3. The van der Waals surface area contributed by atoms with E-state index in [1.807, 2.05) is 29.2 Å². The lowest BCUT2D eigenvalue weighted by molar-refractivity contribution is -0.132. The molecule has 0 radical (unpaired) electrons. The standard InChI is InChI=1S/C31H38N4O2/c1-22-13-25-15-30(2,33-18-29(37)35-19-26-5-3-4-6-27(26)20-35)21-31(14-22,16-25)34-28(36)12-11-23-7-9-24(17-32)10-8-23/h3-10,22,25,33H,11-16,18-21H2,1-2H3,(H,34,36). The molecule has 194 valence electrons. The van der Waals surface area contributed by atoms with E-state index in [-0.39, 0.29) is 22.9 Å². The monoisotopic (exact) mass is 498 g/mol. The summed E-state index contributed by atoms with van der Waals surface area (Å²) in [7, 11) is 0. The van der Waals surface area contributed by atoms with Crippen LogP contribution in [-0.2, 0) is 29.1 Å². The first-order chi connectivity index (χ1) is 17.7. The van der Waals surface area contributed by atoms with Gasteiger partial charge in [-0.2, -0.15) is 5.26 Å². The first-order valence-electron chi connectivity index (χ1n) is 13.6. The van der Waals surface area contributed by atoms with Crippen LogP contribution in [0.1, 0.15) is 74.6 Å². The summed E-state index contributed by atoms with van der Waals surface area (Å²) in [4.78, 5) is 28.2. The van der Waals surface area contributed by atoms with Crippen molar-refractivity contribution < 1.29 is 9.59 Å². The van der Waals surface area contributed by atoms with Gasteiger partial charge < -0.3 is 15.5 Å². The third kappa shape index (κ3) is 5.88. The molecule has 1 heterocycles. The van der Waals surface area contributed by atoms with Crippen molar-refractivity contribution in [1.29, 1.82) is 5.26 Å². The first-order valence-corrected chi connectivity index (χ1v) is 13.6. The molecule has 0 aromatic heterocycles. The van der Waals surface area contributed by atoms with Gasteiger partial charge in [0, 0.05) is 30.6 Å². The summed E-state index contributed by atoms with van der Waals surface area (Å²) in [6.07, 6.45) is 6.16. The van der Waals surface area contributed by atoms with E-state index in [1.54, 1.807) is 12.1 Å². The topological polar surface area (TPSA) is 85.2 Å². The van der Waals surface area contributed by atoms with Gasteiger partial charge in [0.15, 0.2) is 0 Å². The zero-order valence-corrected chi connectivity index (χ0v) is 22.1. The molecular weight excluding hydrogens is 460 g/mol. The lowest BCUT2D eigenvalue weighted by Crippen LogP contribution is -2.64. The number of amides is 2. The number of nitriles is 1. The van der Waals surface area contributed by atoms with Crippen molar-refractivity contribution in [3.8, 4) is 6.07 Å². The Bertz CT molecular complexity index is 1170. The highest BCUT2D eigenvalue weighted by molar-refractivity contribution is 5.79. The SMILES string of the molecule is CC1CC2CC(C)(NCC(=O)N3Cc4ccccc4C3)CC(NC(=O)CCc3ccc(C#N)cc3)(C1)C2. The van der Waals surface area contributed by atoms with Crippen molar-refractivity contribution in [3.05, 3.63) is 70.8 Å². The van der Waals surface area contributed by atoms with E-state index in [2.05, 4.69) is 42.7 Å². The molecular formula is C31H38N4O2. The van der Waals surface area contributed by atoms with Crippen molar-refractivity contribution in [2.24, 2.45) is 11.8 Å². The van der Waals surface area contributed by atoms with Crippen LogP contribution in [0.2, 0.25) is 0 Å². The summed E-state index contributed by atoms with van der Waals surface area (Å²) >= 11 is 0. The lowest BCUT2D eigenvalue weighted by Gasteiger charge is -2.55. The minimum absolute atomic E-state index is 0.0902. The number of hydrogen-bond acceptors (Lipinski definition) is 4. The van der Waals surface area contributed by atoms with E-state index in [9.17, 15) is 9.59 Å². The maximum Gasteiger partial charge on any atom is 0.237 e. The zero-order chi connectivity index (χ0) is 26.0. The minimum atomic E-state index is -0.225. The molecule has 2 saturated carbocycles. The number of nitrogens with one attached hydrogen (secondary N) is 2. The van der Waals surface area contributed by atoms with Crippen LogP contribution in [0.4, 0.5) is 0 Å². The van der Waals surface area contributed by atoms with Gasteiger partial charge in [0.2, 0.25) is 11.8 Å². The number of benzene rings is 2. The smallest absolute Gasteiger partial charge is 0.237 e. The van der Waals surface area contributed by atoms with Crippen molar-refractivity contribution in [2.45, 2.75) is 83.0 Å².